The lowest BCUT2D eigenvalue weighted by molar-refractivity contribution is -0.197. The van der Waals surface area contributed by atoms with Gasteiger partial charge >= 0.3 is 0 Å². The number of hydrogen-bond acceptors (Lipinski definition) is 11. The fraction of sp³-hybridized carbons (Fsp3) is 0.413. The van der Waals surface area contributed by atoms with Crippen molar-refractivity contribution in [2.75, 3.05) is 57.6 Å². The molecule has 10 rings (SSSR count). The predicted molar refractivity (Wildman–Crippen MR) is 223 cm³/mol. The fourth-order valence-corrected chi connectivity index (χ4v) is 8.86. The van der Waals surface area contributed by atoms with Crippen LogP contribution in [0.2, 0.25) is 0 Å². The van der Waals surface area contributed by atoms with Gasteiger partial charge in [-0.2, -0.15) is 0 Å². The van der Waals surface area contributed by atoms with Crippen LogP contribution in [0.3, 0.4) is 0 Å². The van der Waals surface area contributed by atoms with E-state index >= 15 is 0 Å². The Morgan fingerprint density at radius 3 is 2.47 bits per heavy atom. The summed E-state index contributed by atoms with van der Waals surface area (Å²) in [6, 6.07) is 17.0. The summed E-state index contributed by atoms with van der Waals surface area (Å²) in [6.07, 6.45) is 9.25. The number of pyridine rings is 2. The minimum atomic E-state index is -0.821. The van der Waals surface area contributed by atoms with Gasteiger partial charge in [-0.3, -0.25) is 24.3 Å². The molecule has 0 radical (unpaired) electrons. The van der Waals surface area contributed by atoms with Gasteiger partial charge < -0.3 is 38.5 Å². The molecule has 1 saturated carbocycles. The number of carbonyl (C=O) groups excluding carboxylic acids is 3. The molecule has 1 atom stereocenters. The molecular weight excluding hydrogens is 765 g/mol. The number of carbonyl (C=O) groups is 3. The summed E-state index contributed by atoms with van der Waals surface area (Å²) in [5, 5.41) is 5.01. The van der Waals surface area contributed by atoms with E-state index in [9.17, 15) is 14.4 Å². The highest BCUT2D eigenvalue weighted by Crippen LogP contribution is 2.36. The third kappa shape index (κ3) is 7.21. The predicted octanol–water partition coefficient (Wildman–Crippen LogP) is 5.43. The van der Waals surface area contributed by atoms with E-state index in [-0.39, 0.29) is 29.6 Å². The van der Waals surface area contributed by atoms with Crippen molar-refractivity contribution in [2.24, 2.45) is 12.5 Å². The molecule has 4 aliphatic heterocycles. The van der Waals surface area contributed by atoms with Crippen LogP contribution in [0.5, 0.6) is 5.88 Å². The number of amides is 3. The first-order valence-electron chi connectivity index (χ1n) is 20.8. The lowest BCUT2D eigenvalue weighted by Crippen LogP contribution is -2.52. The number of nitrogens with one attached hydrogen (secondary N) is 1. The first kappa shape index (κ1) is 38.5. The average Bonchev–Trinajstić information content (AvgIpc) is 3.63. The van der Waals surface area contributed by atoms with Crippen LogP contribution < -0.4 is 15.0 Å². The zero-order chi connectivity index (χ0) is 41.0. The molecule has 14 nitrogen and oxygen atoms in total. The molecule has 60 heavy (non-hydrogen) atoms. The van der Waals surface area contributed by atoms with E-state index in [4.69, 9.17) is 23.7 Å². The molecule has 310 valence electrons. The number of aryl methyl sites for hydroxylation is 1. The number of aromatic nitrogens is 3. The number of ether oxygens (including phenoxy) is 5. The number of piperidine rings is 1. The van der Waals surface area contributed by atoms with Crippen LogP contribution in [-0.2, 0) is 30.8 Å². The maximum Gasteiger partial charge on any atom is 0.262 e. The van der Waals surface area contributed by atoms with E-state index < -0.39 is 17.9 Å². The van der Waals surface area contributed by atoms with Gasteiger partial charge in [-0.25, -0.2) is 4.98 Å². The Labute approximate surface area is 347 Å². The molecular formula is C46H48N6O8. The maximum atomic E-state index is 13.3. The standard InChI is InChI=1S/C46H48N6O8/c1-28-4-10-40(43(53)49-28)52-44(54)36-9-7-31(17-37(36)45(52)55)51-22-34(23-51)58-15-3-14-56-24-46(25-57-26-46)27-59-32-18-33(19-32)60-42-11-6-30(20-48-42)29-5-8-35-38-21-47-13-12-39(38)50(2)41(35)16-29/h5-9,11-13,16-17,20-21,32-34,40H,1,3-4,10,14-15,18-19,22-27H2,2H3,(H,49,53). The Kier molecular flexibility index (Phi) is 10.1. The van der Waals surface area contributed by atoms with Gasteiger partial charge in [0.2, 0.25) is 11.8 Å². The third-order valence-electron chi connectivity index (χ3n) is 12.6. The van der Waals surface area contributed by atoms with Crippen molar-refractivity contribution >= 4 is 45.2 Å². The van der Waals surface area contributed by atoms with Crippen molar-refractivity contribution in [3.05, 3.63) is 96.6 Å². The topological polar surface area (TPSA) is 147 Å². The summed E-state index contributed by atoms with van der Waals surface area (Å²) in [7, 11) is 2.09. The third-order valence-corrected chi connectivity index (χ3v) is 12.6. The Morgan fingerprint density at radius 1 is 0.850 bits per heavy atom. The van der Waals surface area contributed by atoms with E-state index in [1.165, 1.54) is 5.39 Å². The second kappa shape index (κ2) is 15.7. The minimum absolute atomic E-state index is 0.0754. The number of fused-ring (bicyclic) bond motifs is 4. The Bertz CT molecular complexity index is 2490. The normalized spacial score (nSPS) is 22.4. The molecule has 4 fully saturated rings. The zero-order valence-corrected chi connectivity index (χ0v) is 33.6. The number of benzene rings is 2. The van der Waals surface area contributed by atoms with Gasteiger partial charge in [0.1, 0.15) is 12.1 Å². The average molecular weight is 813 g/mol. The SMILES string of the molecule is C=C1CCC(N2C(=O)c3ccc(N4CC(OCCCOCC5(COC6CC(Oc7ccc(-c8ccc9c%10cnccc%10n(C)c9c8)cn7)C6)COC5)C4)cc3C2=O)C(=O)N1. The number of nitrogens with zero attached hydrogens (tertiary/aromatic N) is 5. The van der Waals surface area contributed by atoms with Crippen LogP contribution in [-0.4, -0.2) is 114 Å². The minimum Gasteiger partial charge on any atom is -0.474 e. The molecule has 2 aromatic carbocycles. The molecule has 7 heterocycles. The molecule has 3 aromatic heterocycles. The van der Waals surface area contributed by atoms with Crippen LogP contribution in [0.25, 0.3) is 32.9 Å². The summed E-state index contributed by atoms with van der Waals surface area (Å²) in [4.78, 5) is 51.0. The van der Waals surface area contributed by atoms with E-state index in [2.05, 4.69) is 62.6 Å². The zero-order valence-electron chi connectivity index (χ0n) is 33.6. The Hall–Kier alpha value is -5.67. The van der Waals surface area contributed by atoms with Gasteiger partial charge in [0, 0.05) is 104 Å². The van der Waals surface area contributed by atoms with Gasteiger partial charge in [-0.15, -0.1) is 0 Å². The second-order valence-electron chi connectivity index (χ2n) is 16.9. The highest BCUT2D eigenvalue weighted by molar-refractivity contribution is 6.23. The van der Waals surface area contributed by atoms with Crippen molar-refractivity contribution in [3.8, 4) is 17.0 Å². The van der Waals surface area contributed by atoms with Gasteiger partial charge in [0.05, 0.1) is 60.7 Å². The van der Waals surface area contributed by atoms with E-state index in [1.54, 1.807) is 12.1 Å². The monoisotopic (exact) mass is 812 g/mol. The van der Waals surface area contributed by atoms with E-state index in [1.807, 2.05) is 36.8 Å². The molecule has 3 amide bonds. The van der Waals surface area contributed by atoms with Crippen molar-refractivity contribution in [1.82, 2.24) is 24.8 Å². The first-order chi connectivity index (χ1) is 29.2. The molecule has 5 aromatic rings. The van der Waals surface area contributed by atoms with E-state index in [0.29, 0.717) is 88.3 Å². The molecule has 0 spiro atoms. The van der Waals surface area contributed by atoms with Crippen molar-refractivity contribution in [2.45, 2.75) is 56.5 Å². The number of rotatable bonds is 15. The van der Waals surface area contributed by atoms with Crippen LogP contribution in [0, 0.1) is 5.41 Å². The van der Waals surface area contributed by atoms with Crippen LogP contribution in [0.15, 0.2) is 85.5 Å². The van der Waals surface area contributed by atoms with E-state index in [0.717, 1.165) is 57.4 Å². The number of hydrogen-bond donors (Lipinski definition) is 1. The fourth-order valence-electron chi connectivity index (χ4n) is 8.86. The molecule has 1 N–H and O–H groups in total. The summed E-state index contributed by atoms with van der Waals surface area (Å²) in [5.41, 5.74) is 6.47. The summed E-state index contributed by atoms with van der Waals surface area (Å²) in [5.74, 6) is -0.600. The number of imide groups is 1. The lowest BCUT2D eigenvalue weighted by atomic mass is 9.87. The largest absolute Gasteiger partial charge is 0.474 e. The van der Waals surface area contributed by atoms with Crippen LogP contribution in [0.4, 0.5) is 5.69 Å². The Morgan fingerprint density at radius 2 is 1.68 bits per heavy atom. The smallest absolute Gasteiger partial charge is 0.262 e. The molecule has 5 aliphatic rings. The van der Waals surface area contributed by atoms with Crippen LogP contribution >= 0.6 is 0 Å². The summed E-state index contributed by atoms with van der Waals surface area (Å²) in [6.45, 7) is 8.76. The summed E-state index contributed by atoms with van der Waals surface area (Å²) >= 11 is 0. The van der Waals surface area contributed by atoms with Crippen molar-refractivity contribution in [1.29, 1.82) is 0 Å². The lowest BCUT2D eigenvalue weighted by Gasteiger charge is -2.43. The highest BCUT2D eigenvalue weighted by Gasteiger charge is 2.45. The van der Waals surface area contributed by atoms with Gasteiger partial charge in [-0.1, -0.05) is 18.7 Å². The Balaban J connectivity index is 0.612. The number of allylic oxidation sites excluding steroid dienone is 1. The molecule has 1 aliphatic carbocycles. The summed E-state index contributed by atoms with van der Waals surface area (Å²) < 4.78 is 32.4. The van der Waals surface area contributed by atoms with Gasteiger partial charge in [0.15, 0.2) is 0 Å². The molecule has 0 bridgehead atoms. The molecule has 14 heteroatoms. The molecule has 3 saturated heterocycles. The highest BCUT2D eigenvalue weighted by atomic mass is 16.5. The maximum absolute atomic E-state index is 13.3. The number of anilines is 1. The van der Waals surface area contributed by atoms with Gasteiger partial charge in [-0.05, 0) is 61.2 Å². The van der Waals surface area contributed by atoms with Gasteiger partial charge in [0.25, 0.3) is 11.8 Å². The van der Waals surface area contributed by atoms with Crippen molar-refractivity contribution < 1.29 is 38.1 Å². The second-order valence-corrected chi connectivity index (χ2v) is 16.9. The molecule has 1 unspecified atom stereocenters. The van der Waals surface area contributed by atoms with Crippen LogP contribution in [0.1, 0.15) is 52.8 Å². The first-order valence-corrected chi connectivity index (χ1v) is 20.8. The quantitative estimate of drug-likeness (QED) is 0.107. The van der Waals surface area contributed by atoms with Crippen molar-refractivity contribution in [3.63, 3.8) is 0 Å².